The van der Waals surface area contributed by atoms with E-state index in [-0.39, 0.29) is 4.90 Å². The molecule has 0 atom stereocenters. The first kappa shape index (κ1) is 23.6. The van der Waals surface area contributed by atoms with E-state index in [1.165, 1.54) is 6.07 Å². The Balaban J connectivity index is 1.77. The Kier molecular flexibility index (Phi) is 6.27. The third-order valence-electron chi connectivity index (χ3n) is 5.21. The van der Waals surface area contributed by atoms with Gasteiger partial charge in [0.25, 0.3) is 0 Å². The van der Waals surface area contributed by atoms with E-state index in [4.69, 9.17) is 5.14 Å². The number of hydrogen-bond donors (Lipinski definition) is 4. The van der Waals surface area contributed by atoms with Crippen LogP contribution < -0.4 is 20.8 Å². The number of fused-ring (bicyclic) bond motifs is 1. The lowest BCUT2D eigenvalue weighted by molar-refractivity contribution is 0.425. The van der Waals surface area contributed by atoms with E-state index in [2.05, 4.69) is 20.3 Å². The minimum Gasteiger partial charge on any atom is -0.423 e. The van der Waals surface area contributed by atoms with Gasteiger partial charge in [-0.25, -0.2) is 13.6 Å². The number of nitrogens with one attached hydrogen (secondary N) is 1. The summed E-state index contributed by atoms with van der Waals surface area (Å²) in [5, 5.41) is 27.8. The molecule has 0 saturated heterocycles. The second kappa shape index (κ2) is 9.03. The number of rotatable bonds is 7. The van der Waals surface area contributed by atoms with Crippen LogP contribution in [0.3, 0.4) is 0 Å². The molecule has 2 aromatic heterocycles. The van der Waals surface area contributed by atoms with Crippen molar-refractivity contribution in [1.82, 2.24) is 19.5 Å². The van der Waals surface area contributed by atoms with Crippen LogP contribution >= 0.6 is 0 Å². The maximum absolute atomic E-state index is 12.1. The number of benzene rings is 2. The van der Waals surface area contributed by atoms with Gasteiger partial charge in [-0.3, -0.25) is 4.57 Å². The minimum absolute atomic E-state index is 0.0260. The summed E-state index contributed by atoms with van der Waals surface area (Å²) in [6.45, 7) is 2.16. The molecule has 0 radical (unpaired) electrons. The fourth-order valence-electron chi connectivity index (χ4n) is 3.63. The van der Waals surface area contributed by atoms with Gasteiger partial charge in [0.2, 0.25) is 27.9 Å². The number of nitrogens with zero attached hydrogens (tertiary/aromatic N) is 5. The molecule has 176 valence electrons. The van der Waals surface area contributed by atoms with Crippen molar-refractivity contribution in [2.75, 3.05) is 24.3 Å². The SMILES string of the molecule is Cc1cc2c(S(N)(=O)=O)cccc2n1-c1nc(NCc2cccc(B(O)O)c2)nc(N(C)C)n1. The Morgan fingerprint density at radius 3 is 2.50 bits per heavy atom. The molecule has 2 heterocycles. The van der Waals surface area contributed by atoms with Gasteiger partial charge >= 0.3 is 7.12 Å². The van der Waals surface area contributed by atoms with Crippen LogP contribution in [0.5, 0.6) is 0 Å². The second-order valence-electron chi connectivity index (χ2n) is 7.98. The molecule has 0 saturated carbocycles. The van der Waals surface area contributed by atoms with E-state index >= 15 is 0 Å². The Labute approximate surface area is 197 Å². The van der Waals surface area contributed by atoms with Crippen molar-refractivity contribution in [2.24, 2.45) is 5.14 Å². The lowest BCUT2D eigenvalue weighted by Crippen LogP contribution is -2.30. The van der Waals surface area contributed by atoms with Gasteiger partial charge in [-0.05, 0) is 36.1 Å². The summed E-state index contributed by atoms with van der Waals surface area (Å²) in [6.07, 6.45) is 0. The zero-order chi connectivity index (χ0) is 24.6. The van der Waals surface area contributed by atoms with Crippen LogP contribution in [0.2, 0.25) is 0 Å². The first-order chi connectivity index (χ1) is 16.0. The Bertz CT molecular complexity index is 1470. The van der Waals surface area contributed by atoms with Gasteiger partial charge in [0.15, 0.2) is 0 Å². The predicted molar refractivity (Wildman–Crippen MR) is 131 cm³/mol. The average Bonchev–Trinajstić information content (AvgIpc) is 3.12. The van der Waals surface area contributed by atoms with Crippen molar-refractivity contribution in [3.63, 3.8) is 0 Å². The lowest BCUT2D eigenvalue weighted by Gasteiger charge is -2.15. The highest BCUT2D eigenvalue weighted by molar-refractivity contribution is 7.89. The summed E-state index contributed by atoms with van der Waals surface area (Å²) in [5.74, 6) is 1.00. The number of aromatic nitrogens is 4. The van der Waals surface area contributed by atoms with Gasteiger partial charge in [-0.15, -0.1) is 0 Å². The fraction of sp³-hybridized carbons (Fsp3) is 0.190. The third-order valence-corrected chi connectivity index (χ3v) is 6.18. The topological polar surface area (TPSA) is 159 Å². The molecule has 0 aliphatic heterocycles. The zero-order valence-corrected chi connectivity index (χ0v) is 19.7. The maximum atomic E-state index is 12.1. The molecule has 4 aromatic rings. The van der Waals surface area contributed by atoms with Crippen molar-refractivity contribution in [3.8, 4) is 5.95 Å². The quantitative estimate of drug-likeness (QED) is 0.269. The first-order valence-corrected chi connectivity index (χ1v) is 11.9. The Hall–Kier alpha value is -3.52. The third kappa shape index (κ3) is 4.72. The Morgan fingerprint density at radius 2 is 1.82 bits per heavy atom. The molecular weight excluding hydrogens is 457 g/mol. The predicted octanol–water partition coefficient (Wildman–Crippen LogP) is 0.129. The summed E-state index contributed by atoms with van der Waals surface area (Å²) < 4.78 is 25.9. The summed E-state index contributed by atoms with van der Waals surface area (Å²) in [4.78, 5) is 15.3. The number of nitrogens with two attached hydrogens (primary N) is 1. The van der Waals surface area contributed by atoms with E-state index in [9.17, 15) is 18.5 Å². The van der Waals surface area contributed by atoms with E-state index in [1.54, 1.807) is 60.0 Å². The van der Waals surface area contributed by atoms with Gasteiger partial charge in [0.1, 0.15) is 0 Å². The Morgan fingerprint density at radius 1 is 1.09 bits per heavy atom. The molecule has 0 spiro atoms. The molecule has 11 nitrogen and oxygen atoms in total. The van der Waals surface area contributed by atoms with Crippen LogP contribution in [0, 0.1) is 6.92 Å². The van der Waals surface area contributed by atoms with Crippen molar-refractivity contribution in [3.05, 3.63) is 59.8 Å². The van der Waals surface area contributed by atoms with Gasteiger partial charge in [0.05, 0.1) is 10.4 Å². The van der Waals surface area contributed by atoms with E-state index in [0.717, 1.165) is 11.3 Å². The van der Waals surface area contributed by atoms with E-state index < -0.39 is 17.1 Å². The molecule has 0 fully saturated rings. The van der Waals surface area contributed by atoms with Crippen molar-refractivity contribution in [1.29, 1.82) is 0 Å². The van der Waals surface area contributed by atoms with Gasteiger partial charge in [-0.2, -0.15) is 15.0 Å². The molecule has 2 aromatic carbocycles. The van der Waals surface area contributed by atoms with Crippen molar-refractivity contribution in [2.45, 2.75) is 18.4 Å². The highest BCUT2D eigenvalue weighted by atomic mass is 32.2. The van der Waals surface area contributed by atoms with E-state index in [1.807, 2.05) is 13.0 Å². The minimum atomic E-state index is -3.92. The van der Waals surface area contributed by atoms with Crippen LogP contribution in [0.15, 0.2) is 53.4 Å². The molecule has 0 aliphatic rings. The first-order valence-electron chi connectivity index (χ1n) is 10.3. The molecular formula is C21H24BN7O4S. The van der Waals surface area contributed by atoms with Crippen LogP contribution in [0.1, 0.15) is 11.3 Å². The van der Waals surface area contributed by atoms with Crippen LogP contribution in [0.25, 0.3) is 16.9 Å². The number of hydrogen-bond acceptors (Lipinski definition) is 9. The number of anilines is 2. The number of primary sulfonamides is 1. The maximum Gasteiger partial charge on any atom is 0.488 e. The van der Waals surface area contributed by atoms with Crippen LogP contribution in [-0.4, -0.2) is 59.2 Å². The summed E-state index contributed by atoms with van der Waals surface area (Å²) in [6, 6.07) is 13.4. The van der Waals surface area contributed by atoms with Gasteiger partial charge in [0, 0.05) is 31.7 Å². The average molecular weight is 481 g/mol. The largest absolute Gasteiger partial charge is 0.488 e. The molecule has 0 aliphatic carbocycles. The molecule has 13 heteroatoms. The standard InChI is InChI=1S/C21H24BN7O4S/c1-13-10-16-17(8-5-9-18(16)34(23,32)33)29(13)21-26-19(25-20(27-21)28(2)3)24-12-14-6-4-7-15(11-14)22(30)31/h4-11,30-31H,12H2,1-3H3,(H2,23,32,33)(H,24,25,26,27). The number of sulfonamides is 1. The molecule has 0 bridgehead atoms. The summed E-state index contributed by atoms with van der Waals surface area (Å²) in [5.41, 5.74) is 2.50. The zero-order valence-electron chi connectivity index (χ0n) is 18.8. The van der Waals surface area contributed by atoms with E-state index in [0.29, 0.717) is 40.8 Å². The monoisotopic (exact) mass is 481 g/mol. The molecule has 5 N–H and O–H groups in total. The van der Waals surface area contributed by atoms with Gasteiger partial charge < -0.3 is 20.3 Å². The van der Waals surface area contributed by atoms with Crippen LogP contribution in [0.4, 0.5) is 11.9 Å². The molecule has 34 heavy (non-hydrogen) atoms. The smallest absolute Gasteiger partial charge is 0.423 e. The van der Waals surface area contributed by atoms with Crippen molar-refractivity contribution < 1.29 is 18.5 Å². The highest BCUT2D eigenvalue weighted by Gasteiger charge is 2.19. The molecule has 0 unspecified atom stereocenters. The lowest BCUT2D eigenvalue weighted by atomic mass is 9.80. The molecule has 0 amide bonds. The van der Waals surface area contributed by atoms with Crippen LogP contribution in [-0.2, 0) is 16.6 Å². The van der Waals surface area contributed by atoms with Gasteiger partial charge in [-0.1, -0.05) is 30.3 Å². The summed E-state index contributed by atoms with van der Waals surface area (Å²) in [7, 11) is -1.87. The number of aryl methyl sites for hydroxylation is 1. The highest BCUT2D eigenvalue weighted by Crippen LogP contribution is 2.28. The molecule has 4 rings (SSSR count). The second-order valence-corrected chi connectivity index (χ2v) is 9.51. The van der Waals surface area contributed by atoms with Crippen molar-refractivity contribution >= 4 is 45.4 Å². The fourth-order valence-corrected chi connectivity index (χ4v) is 4.37. The summed E-state index contributed by atoms with van der Waals surface area (Å²) >= 11 is 0. The normalized spacial score (nSPS) is 11.6.